The summed E-state index contributed by atoms with van der Waals surface area (Å²) in [5.74, 6) is -0.389. The van der Waals surface area contributed by atoms with Crippen LogP contribution in [0.4, 0.5) is 0 Å². The Morgan fingerprint density at radius 1 is 1.25 bits per heavy atom. The number of aromatic nitrogens is 3. The highest BCUT2D eigenvalue weighted by Gasteiger charge is 2.18. The summed E-state index contributed by atoms with van der Waals surface area (Å²) in [6, 6.07) is 11.6. The number of carbonyl (C=O) groups is 1. The topological polar surface area (TPSA) is 57.0 Å². The maximum Gasteiger partial charge on any atom is 0.357 e. The summed E-state index contributed by atoms with van der Waals surface area (Å²) in [5.41, 5.74) is 3.04. The van der Waals surface area contributed by atoms with Crippen molar-refractivity contribution in [2.75, 3.05) is 6.61 Å². The van der Waals surface area contributed by atoms with Crippen LogP contribution in [-0.4, -0.2) is 27.3 Å². The molecule has 0 spiro atoms. The van der Waals surface area contributed by atoms with Crippen LogP contribution in [0.15, 0.2) is 41.8 Å². The van der Waals surface area contributed by atoms with Crippen LogP contribution in [-0.2, 0) is 4.74 Å². The van der Waals surface area contributed by atoms with E-state index in [1.54, 1.807) is 17.7 Å². The van der Waals surface area contributed by atoms with Gasteiger partial charge in [-0.05, 0) is 19.9 Å². The molecule has 0 unspecified atom stereocenters. The third-order valence-corrected chi connectivity index (χ3v) is 3.88. The fraction of sp³-hybridized carbons (Fsp3) is 0.278. The molecule has 0 fully saturated rings. The van der Waals surface area contributed by atoms with Crippen LogP contribution < -0.4 is 0 Å². The number of ether oxygens (including phenoxy) is 1. The van der Waals surface area contributed by atoms with Crippen LogP contribution in [0.5, 0.6) is 0 Å². The van der Waals surface area contributed by atoms with Crippen LogP contribution in [0, 0.1) is 6.92 Å². The second-order valence-corrected chi connectivity index (χ2v) is 5.52. The lowest BCUT2D eigenvalue weighted by molar-refractivity contribution is 0.0515. The second kappa shape index (κ2) is 8.40. The van der Waals surface area contributed by atoms with Crippen molar-refractivity contribution in [1.82, 2.24) is 14.8 Å². The van der Waals surface area contributed by atoms with E-state index in [2.05, 4.69) is 10.1 Å². The molecular formula is C18H21N3O2S. The monoisotopic (exact) mass is 343 g/mol. The van der Waals surface area contributed by atoms with Gasteiger partial charge >= 0.3 is 5.97 Å². The van der Waals surface area contributed by atoms with Gasteiger partial charge in [-0.1, -0.05) is 44.2 Å². The zero-order valence-corrected chi connectivity index (χ0v) is 15.1. The molecule has 3 rings (SSSR count). The van der Waals surface area contributed by atoms with Crippen molar-refractivity contribution < 1.29 is 9.53 Å². The molecule has 6 heteroatoms. The van der Waals surface area contributed by atoms with E-state index in [1.807, 2.05) is 56.5 Å². The van der Waals surface area contributed by atoms with Crippen molar-refractivity contribution in [2.24, 2.45) is 0 Å². The van der Waals surface area contributed by atoms with E-state index in [0.717, 1.165) is 17.0 Å². The molecule has 1 aromatic carbocycles. The predicted octanol–water partition coefficient (Wildman–Crippen LogP) is 4.51. The summed E-state index contributed by atoms with van der Waals surface area (Å²) >= 11 is 1.44. The Kier molecular flexibility index (Phi) is 6.26. The quantitative estimate of drug-likeness (QED) is 0.654. The van der Waals surface area contributed by atoms with Gasteiger partial charge < -0.3 is 4.74 Å². The van der Waals surface area contributed by atoms with Gasteiger partial charge in [0.15, 0.2) is 5.69 Å². The van der Waals surface area contributed by atoms with Crippen molar-refractivity contribution in [3.63, 3.8) is 0 Å². The number of hydrogen-bond donors (Lipinski definition) is 0. The first-order valence-electron chi connectivity index (χ1n) is 7.94. The van der Waals surface area contributed by atoms with Gasteiger partial charge in [0.1, 0.15) is 0 Å². The van der Waals surface area contributed by atoms with Crippen LogP contribution >= 0.6 is 11.3 Å². The molecule has 0 aliphatic heterocycles. The maximum absolute atomic E-state index is 12.0. The highest BCUT2D eigenvalue weighted by molar-refractivity contribution is 7.12. The molecule has 0 saturated carbocycles. The van der Waals surface area contributed by atoms with Crippen LogP contribution in [0.3, 0.4) is 0 Å². The number of carbonyl (C=O) groups excluding carboxylic acids is 1. The summed E-state index contributed by atoms with van der Waals surface area (Å²) in [7, 11) is 0. The van der Waals surface area contributed by atoms with Crippen molar-refractivity contribution in [3.8, 4) is 16.4 Å². The molecule has 0 aliphatic carbocycles. The predicted molar refractivity (Wildman–Crippen MR) is 96.7 cm³/mol. The zero-order valence-electron chi connectivity index (χ0n) is 14.3. The first kappa shape index (κ1) is 17.9. The third kappa shape index (κ3) is 3.89. The molecule has 3 aromatic rings. The Hall–Kier alpha value is -2.47. The van der Waals surface area contributed by atoms with Gasteiger partial charge in [0, 0.05) is 10.9 Å². The molecule has 0 saturated heterocycles. The van der Waals surface area contributed by atoms with Gasteiger partial charge in [0.2, 0.25) is 5.13 Å². The standard InChI is InChI=1S/C16H15N3O2S.C2H6/c1-3-21-15(20)14-9-11(2)18-19(14)16-17-13(10-22-16)12-7-5-4-6-8-12;1-2/h4-10H,3H2,1-2H3;1-2H3. The highest BCUT2D eigenvalue weighted by Crippen LogP contribution is 2.25. The lowest BCUT2D eigenvalue weighted by Crippen LogP contribution is -2.11. The Bertz CT molecular complexity index is 794. The average Bonchev–Trinajstić information content (AvgIpc) is 3.24. The van der Waals surface area contributed by atoms with E-state index in [-0.39, 0.29) is 5.97 Å². The molecule has 24 heavy (non-hydrogen) atoms. The summed E-state index contributed by atoms with van der Waals surface area (Å²) in [5, 5.41) is 6.96. The number of thiazole rings is 1. The normalized spacial score (nSPS) is 10.0. The minimum absolute atomic E-state index is 0.330. The van der Waals surface area contributed by atoms with Crippen LogP contribution in [0.2, 0.25) is 0 Å². The molecule has 0 amide bonds. The Morgan fingerprint density at radius 2 is 1.96 bits per heavy atom. The number of esters is 1. The van der Waals surface area contributed by atoms with Crippen molar-refractivity contribution in [2.45, 2.75) is 27.7 Å². The van der Waals surface area contributed by atoms with E-state index in [9.17, 15) is 4.79 Å². The Balaban J connectivity index is 0.00000100. The Labute approximate surface area is 145 Å². The van der Waals surface area contributed by atoms with E-state index < -0.39 is 0 Å². The highest BCUT2D eigenvalue weighted by atomic mass is 32.1. The molecule has 2 heterocycles. The van der Waals surface area contributed by atoms with Gasteiger partial charge in [-0.25, -0.2) is 9.78 Å². The number of nitrogens with zero attached hydrogens (tertiary/aromatic N) is 3. The zero-order chi connectivity index (χ0) is 17.5. The van der Waals surface area contributed by atoms with Gasteiger partial charge in [-0.2, -0.15) is 9.78 Å². The summed E-state index contributed by atoms with van der Waals surface area (Å²) < 4.78 is 6.62. The fourth-order valence-corrected chi connectivity index (χ4v) is 2.89. The minimum Gasteiger partial charge on any atom is -0.461 e. The fourth-order valence-electron chi connectivity index (χ4n) is 2.10. The van der Waals surface area contributed by atoms with Gasteiger partial charge in [0.05, 0.1) is 18.0 Å². The first-order valence-corrected chi connectivity index (χ1v) is 8.82. The largest absolute Gasteiger partial charge is 0.461 e. The smallest absolute Gasteiger partial charge is 0.357 e. The lowest BCUT2D eigenvalue weighted by Gasteiger charge is -2.03. The van der Waals surface area contributed by atoms with E-state index in [4.69, 9.17) is 4.74 Å². The van der Waals surface area contributed by atoms with E-state index >= 15 is 0 Å². The summed E-state index contributed by atoms with van der Waals surface area (Å²) in [6.07, 6.45) is 0. The number of aryl methyl sites for hydroxylation is 1. The van der Waals surface area contributed by atoms with Gasteiger partial charge in [0.25, 0.3) is 0 Å². The van der Waals surface area contributed by atoms with Crippen molar-refractivity contribution in [3.05, 3.63) is 53.2 Å². The summed E-state index contributed by atoms with van der Waals surface area (Å²) in [6.45, 7) is 7.95. The molecule has 0 N–H and O–H groups in total. The maximum atomic E-state index is 12.0. The lowest BCUT2D eigenvalue weighted by atomic mass is 10.2. The van der Waals surface area contributed by atoms with Crippen LogP contribution in [0.25, 0.3) is 16.4 Å². The number of hydrogen-bond acceptors (Lipinski definition) is 5. The molecule has 126 valence electrons. The van der Waals surface area contributed by atoms with E-state index in [0.29, 0.717) is 17.4 Å². The molecular weight excluding hydrogens is 322 g/mol. The van der Waals surface area contributed by atoms with E-state index in [1.165, 1.54) is 11.3 Å². The number of rotatable bonds is 4. The summed E-state index contributed by atoms with van der Waals surface area (Å²) in [4.78, 5) is 16.6. The van der Waals surface area contributed by atoms with Gasteiger partial charge in [-0.15, -0.1) is 11.3 Å². The molecule has 0 aliphatic rings. The first-order chi connectivity index (χ1) is 11.7. The third-order valence-electron chi connectivity index (χ3n) is 3.06. The minimum atomic E-state index is -0.389. The molecule has 5 nitrogen and oxygen atoms in total. The van der Waals surface area contributed by atoms with Crippen molar-refractivity contribution >= 4 is 17.3 Å². The average molecular weight is 343 g/mol. The molecule has 2 aromatic heterocycles. The SMILES string of the molecule is CC.CCOC(=O)c1cc(C)nn1-c1nc(-c2ccccc2)cs1. The molecule has 0 atom stereocenters. The second-order valence-electron chi connectivity index (χ2n) is 4.68. The van der Waals surface area contributed by atoms with Crippen LogP contribution in [0.1, 0.15) is 37.0 Å². The molecule has 0 bridgehead atoms. The van der Waals surface area contributed by atoms with Crippen molar-refractivity contribution in [1.29, 1.82) is 0 Å². The Morgan fingerprint density at radius 3 is 2.62 bits per heavy atom. The van der Waals surface area contributed by atoms with Gasteiger partial charge in [-0.3, -0.25) is 0 Å². The molecule has 0 radical (unpaired) electrons. The number of benzene rings is 1.